The first-order valence-corrected chi connectivity index (χ1v) is 6.48. The van der Waals surface area contributed by atoms with E-state index in [1.54, 1.807) is 12.3 Å². The van der Waals surface area contributed by atoms with Gasteiger partial charge in [0.25, 0.3) is 5.91 Å². The van der Waals surface area contributed by atoms with Crippen molar-refractivity contribution in [3.63, 3.8) is 0 Å². The minimum absolute atomic E-state index is 0.106. The largest absolute Gasteiger partial charge is 0.398 e. The molecule has 0 radical (unpaired) electrons. The van der Waals surface area contributed by atoms with Crippen molar-refractivity contribution in [1.29, 1.82) is 0 Å². The minimum Gasteiger partial charge on any atom is -0.398 e. The predicted molar refractivity (Wildman–Crippen MR) is 72.2 cm³/mol. The molecule has 1 fully saturated rings. The van der Waals surface area contributed by atoms with E-state index < -0.39 is 0 Å². The summed E-state index contributed by atoms with van der Waals surface area (Å²) in [6, 6.07) is 1.92. The van der Waals surface area contributed by atoms with Gasteiger partial charge in [0.1, 0.15) is 0 Å². The average Bonchev–Trinajstić information content (AvgIpc) is 2.32. The summed E-state index contributed by atoms with van der Waals surface area (Å²) < 4.78 is 0. The normalized spacial score (nSPS) is 19.4. The maximum absolute atomic E-state index is 12.1. The second-order valence-electron chi connectivity index (χ2n) is 5.87. The van der Waals surface area contributed by atoms with Crippen molar-refractivity contribution in [1.82, 2.24) is 10.3 Å². The zero-order valence-electron chi connectivity index (χ0n) is 11.1. The molecule has 98 valence electrons. The van der Waals surface area contributed by atoms with Crippen LogP contribution in [0.3, 0.4) is 0 Å². The smallest absolute Gasteiger partial charge is 0.255 e. The Kier molecular flexibility index (Phi) is 3.55. The standard InChI is InChI=1S/C14H21N3O/c1-14(2)6-3-10(4-7-14)17-13(18)11-9-16-8-5-12(11)15/h5,8-10H,3-4,6-7H2,1-2H3,(H2,15,16)(H,17,18). The molecule has 1 aromatic heterocycles. The van der Waals surface area contributed by atoms with Gasteiger partial charge in [-0.15, -0.1) is 0 Å². The van der Waals surface area contributed by atoms with Crippen molar-refractivity contribution in [3.8, 4) is 0 Å². The molecule has 2 rings (SSSR count). The molecule has 0 saturated heterocycles. The fraction of sp³-hybridized carbons (Fsp3) is 0.571. The highest BCUT2D eigenvalue weighted by molar-refractivity contribution is 5.98. The maximum atomic E-state index is 12.1. The molecule has 0 spiro atoms. The Morgan fingerprint density at radius 3 is 2.72 bits per heavy atom. The quantitative estimate of drug-likeness (QED) is 0.843. The van der Waals surface area contributed by atoms with Crippen LogP contribution in [0.4, 0.5) is 5.69 Å². The third-order valence-electron chi connectivity index (χ3n) is 3.77. The van der Waals surface area contributed by atoms with Crippen LogP contribution in [0.15, 0.2) is 18.5 Å². The maximum Gasteiger partial charge on any atom is 0.255 e. The van der Waals surface area contributed by atoms with Gasteiger partial charge in [0.15, 0.2) is 0 Å². The molecule has 0 unspecified atom stereocenters. The lowest BCUT2D eigenvalue weighted by molar-refractivity contribution is 0.0909. The van der Waals surface area contributed by atoms with Gasteiger partial charge in [-0.25, -0.2) is 0 Å². The van der Waals surface area contributed by atoms with Gasteiger partial charge in [-0.2, -0.15) is 0 Å². The molecular weight excluding hydrogens is 226 g/mol. The summed E-state index contributed by atoms with van der Waals surface area (Å²) in [5.74, 6) is -0.106. The Morgan fingerprint density at radius 2 is 2.11 bits per heavy atom. The third kappa shape index (κ3) is 3.00. The lowest BCUT2D eigenvalue weighted by atomic mass is 9.75. The van der Waals surface area contributed by atoms with Crippen LogP contribution in [0.5, 0.6) is 0 Å². The zero-order chi connectivity index (χ0) is 13.2. The van der Waals surface area contributed by atoms with Crippen molar-refractivity contribution < 1.29 is 4.79 Å². The second kappa shape index (κ2) is 4.96. The lowest BCUT2D eigenvalue weighted by Gasteiger charge is -2.34. The summed E-state index contributed by atoms with van der Waals surface area (Å²) in [5, 5.41) is 3.05. The topological polar surface area (TPSA) is 68.0 Å². The van der Waals surface area contributed by atoms with E-state index in [2.05, 4.69) is 24.1 Å². The fourth-order valence-electron chi connectivity index (χ4n) is 2.40. The first-order valence-electron chi connectivity index (χ1n) is 6.48. The van der Waals surface area contributed by atoms with Crippen LogP contribution in [-0.4, -0.2) is 16.9 Å². The van der Waals surface area contributed by atoms with E-state index in [1.165, 1.54) is 6.20 Å². The minimum atomic E-state index is -0.106. The highest BCUT2D eigenvalue weighted by Gasteiger charge is 2.27. The molecule has 0 aromatic carbocycles. The number of carbonyl (C=O) groups is 1. The summed E-state index contributed by atoms with van der Waals surface area (Å²) >= 11 is 0. The van der Waals surface area contributed by atoms with Crippen molar-refractivity contribution in [2.45, 2.75) is 45.6 Å². The average molecular weight is 247 g/mol. The number of nitrogens with zero attached hydrogens (tertiary/aromatic N) is 1. The molecular formula is C14H21N3O. The molecule has 4 nitrogen and oxygen atoms in total. The van der Waals surface area contributed by atoms with Crippen LogP contribution >= 0.6 is 0 Å². The van der Waals surface area contributed by atoms with Crippen molar-refractivity contribution in [2.24, 2.45) is 5.41 Å². The van der Waals surface area contributed by atoms with E-state index in [1.807, 2.05) is 0 Å². The number of nitrogen functional groups attached to an aromatic ring is 1. The van der Waals surface area contributed by atoms with Gasteiger partial charge in [-0.05, 0) is 37.2 Å². The lowest BCUT2D eigenvalue weighted by Crippen LogP contribution is -2.39. The number of pyridine rings is 1. The van der Waals surface area contributed by atoms with E-state index in [9.17, 15) is 4.79 Å². The van der Waals surface area contributed by atoms with Crippen molar-refractivity contribution in [3.05, 3.63) is 24.0 Å². The molecule has 1 saturated carbocycles. The number of carbonyl (C=O) groups excluding carboxylic acids is 1. The molecule has 1 aromatic rings. The van der Waals surface area contributed by atoms with E-state index in [4.69, 9.17) is 5.73 Å². The number of amides is 1. The van der Waals surface area contributed by atoms with Crippen LogP contribution in [0, 0.1) is 5.41 Å². The van der Waals surface area contributed by atoms with Crippen LogP contribution in [-0.2, 0) is 0 Å². The summed E-state index contributed by atoms with van der Waals surface area (Å²) in [7, 11) is 0. The van der Waals surface area contributed by atoms with Crippen molar-refractivity contribution in [2.75, 3.05) is 5.73 Å². The van der Waals surface area contributed by atoms with Gasteiger partial charge in [-0.3, -0.25) is 9.78 Å². The van der Waals surface area contributed by atoms with Gasteiger partial charge in [0.2, 0.25) is 0 Å². The Labute approximate surface area is 108 Å². The van der Waals surface area contributed by atoms with E-state index in [-0.39, 0.29) is 11.9 Å². The van der Waals surface area contributed by atoms with E-state index >= 15 is 0 Å². The summed E-state index contributed by atoms with van der Waals surface area (Å²) in [6.07, 6.45) is 7.51. The summed E-state index contributed by atoms with van der Waals surface area (Å²) in [6.45, 7) is 4.56. The molecule has 1 heterocycles. The zero-order valence-corrected chi connectivity index (χ0v) is 11.1. The second-order valence-corrected chi connectivity index (χ2v) is 5.87. The Bertz CT molecular complexity index is 432. The predicted octanol–water partition coefficient (Wildman–Crippen LogP) is 2.36. The molecule has 3 N–H and O–H groups in total. The third-order valence-corrected chi connectivity index (χ3v) is 3.77. The molecule has 1 aliphatic rings. The molecule has 0 aliphatic heterocycles. The van der Waals surface area contributed by atoms with E-state index in [0.717, 1.165) is 25.7 Å². The van der Waals surface area contributed by atoms with Gasteiger partial charge < -0.3 is 11.1 Å². The van der Waals surface area contributed by atoms with Gasteiger partial charge in [0, 0.05) is 24.1 Å². The Morgan fingerprint density at radius 1 is 1.44 bits per heavy atom. The SMILES string of the molecule is CC1(C)CCC(NC(=O)c2cnccc2N)CC1. The van der Waals surface area contributed by atoms with Gasteiger partial charge in [-0.1, -0.05) is 13.8 Å². The first kappa shape index (κ1) is 12.9. The first-order chi connectivity index (χ1) is 8.48. The highest BCUT2D eigenvalue weighted by Crippen LogP contribution is 2.35. The number of nitrogens with one attached hydrogen (secondary N) is 1. The number of nitrogens with two attached hydrogens (primary N) is 1. The molecule has 4 heteroatoms. The number of aromatic nitrogens is 1. The molecule has 0 atom stereocenters. The van der Waals surface area contributed by atoms with Gasteiger partial charge >= 0.3 is 0 Å². The van der Waals surface area contributed by atoms with Crippen LogP contribution in [0.2, 0.25) is 0 Å². The van der Waals surface area contributed by atoms with E-state index in [0.29, 0.717) is 16.7 Å². The number of hydrogen-bond acceptors (Lipinski definition) is 3. The molecule has 18 heavy (non-hydrogen) atoms. The molecule has 0 bridgehead atoms. The monoisotopic (exact) mass is 247 g/mol. The highest BCUT2D eigenvalue weighted by atomic mass is 16.1. The molecule has 1 aliphatic carbocycles. The summed E-state index contributed by atoms with van der Waals surface area (Å²) in [5.41, 5.74) is 7.14. The number of anilines is 1. The molecule has 1 amide bonds. The summed E-state index contributed by atoms with van der Waals surface area (Å²) in [4.78, 5) is 16.0. The van der Waals surface area contributed by atoms with Crippen LogP contribution in [0.1, 0.15) is 49.9 Å². The Balaban J connectivity index is 1.95. The Hall–Kier alpha value is -1.58. The van der Waals surface area contributed by atoms with Gasteiger partial charge in [0.05, 0.1) is 5.56 Å². The fourth-order valence-corrected chi connectivity index (χ4v) is 2.40. The number of hydrogen-bond donors (Lipinski definition) is 2. The van der Waals surface area contributed by atoms with Crippen LogP contribution < -0.4 is 11.1 Å². The van der Waals surface area contributed by atoms with Crippen molar-refractivity contribution >= 4 is 11.6 Å². The number of rotatable bonds is 2. The van der Waals surface area contributed by atoms with Crippen LogP contribution in [0.25, 0.3) is 0 Å².